The standard InChI is InChI=1S/C12H26N2O/c1-3-4-5-8-11(14-13)12(2)9-6-7-10-15-12/h11,14H,3-10,13H2,1-2H3. The van der Waals surface area contributed by atoms with Gasteiger partial charge in [0.25, 0.3) is 0 Å². The van der Waals surface area contributed by atoms with Crippen LogP contribution in [0.1, 0.15) is 58.8 Å². The molecule has 0 aliphatic carbocycles. The van der Waals surface area contributed by atoms with Crippen LogP contribution in [0.2, 0.25) is 0 Å². The third kappa shape index (κ3) is 3.74. The molecule has 90 valence electrons. The normalized spacial score (nSPS) is 29.0. The summed E-state index contributed by atoms with van der Waals surface area (Å²) in [7, 11) is 0. The SMILES string of the molecule is CCCCCC(NN)C1(C)CCCCO1. The molecule has 1 fully saturated rings. The van der Waals surface area contributed by atoms with Crippen LogP contribution in [0.15, 0.2) is 0 Å². The highest BCUT2D eigenvalue weighted by atomic mass is 16.5. The number of hydrazine groups is 1. The summed E-state index contributed by atoms with van der Waals surface area (Å²) in [5, 5.41) is 0. The molecule has 3 nitrogen and oxygen atoms in total. The average molecular weight is 214 g/mol. The number of nitrogens with one attached hydrogen (secondary N) is 1. The lowest BCUT2D eigenvalue weighted by Gasteiger charge is -2.40. The van der Waals surface area contributed by atoms with Crippen molar-refractivity contribution in [2.75, 3.05) is 6.61 Å². The minimum absolute atomic E-state index is 0.0409. The van der Waals surface area contributed by atoms with Gasteiger partial charge in [-0.3, -0.25) is 11.3 Å². The monoisotopic (exact) mass is 214 g/mol. The molecule has 15 heavy (non-hydrogen) atoms. The van der Waals surface area contributed by atoms with Crippen molar-refractivity contribution >= 4 is 0 Å². The molecule has 1 aliphatic rings. The van der Waals surface area contributed by atoms with Gasteiger partial charge in [0.15, 0.2) is 0 Å². The van der Waals surface area contributed by atoms with Crippen LogP contribution in [-0.2, 0) is 4.74 Å². The van der Waals surface area contributed by atoms with E-state index in [1.807, 2.05) is 0 Å². The van der Waals surface area contributed by atoms with Gasteiger partial charge in [-0.25, -0.2) is 0 Å². The lowest BCUT2D eigenvalue weighted by Crippen LogP contribution is -2.54. The maximum atomic E-state index is 5.91. The molecular formula is C12H26N2O. The highest BCUT2D eigenvalue weighted by Gasteiger charge is 2.35. The molecule has 1 aliphatic heterocycles. The fourth-order valence-corrected chi connectivity index (χ4v) is 2.39. The van der Waals surface area contributed by atoms with E-state index in [-0.39, 0.29) is 5.60 Å². The second-order valence-electron chi connectivity index (χ2n) is 4.83. The van der Waals surface area contributed by atoms with Crippen molar-refractivity contribution in [1.29, 1.82) is 0 Å². The molecule has 3 N–H and O–H groups in total. The average Bonchev–Trinajstić information content (AvgIpc) is 2.25. The fourth-order valence-electron chi connectivity index (χ4n) is 2.39. The molecular weight excluding hydrogens is 188 g/mol. The Morgan fingerprint density at radius 2 is 2.20 bits per heavy atom. The summed E-state index contributed by atoms with van der Waals surface area (Å²) in [6.45, 7) is 5.31. The second kappa shape index (κ2) is 6.46. The number of rotatable bonds is 6. The van der Waals surface area contributed by atoms with Crippen molar-refractivity contribution in [2.45, 2.75) is 70.4 Å². The Morgan fingerprint density at radius 3 is 2.73 bits per heavy atom. The number of ether oxygens (including phenoxy) is 1. The van der Waals surface area contributed by atoms with Crippen LogP contribution in [0.5, 0.6) is 0 Å². The molecule has 0 spiro atoms. The summed E-state index contributed by atoms with van der Waals surface area (Å²) in [6, 6.07) is 0.310. The van der Waals surface area contributed by atoms with Crippen LogP contribution in [0, 0.1) is 0 Å². The fraction of sp³-hybridized carbons (Fsp3) is 1.00. The molecule has 0 aromatic rings. The molecule has 1 saturated heterocycles. The molecule has 2 atom stereocenters. The van der Waals surface area contributed by atoms with E-state index in [2.05, 4.69) is 19.3 Å². The quantitative estimate of drug-likeness (QED) is 0.405. The van der Waals surface area contributed by atoms with Gasteiger partial charge in [0.1, 0.15) is 0 Å². The Balaban J connectivity index is 2.40. The molecule has 0 amide bonds. The number of hydrogen-bond donors (Lipinski definition) is 2. The summed E-state index contributed by atoms with van der Waals surface area (Å²) >= 11 is 0. The van der Waals surface area contributed by atoms with Crippen molar-refractivity contribution < 1.29 is 4.74 Å². The first-order valence-electron chi connectivity index (χ1n) is 6.33. The van der Waals surface area contributed by atoms with Crippen molar-refractivity contribution in [1.82, 2.24) is 5.43 Å². The summed E-state index contributed by atoms with van der Waals surface area (Å²) < 4.78 is 5.91. The van der Waals surface area contributed by atoms with Gasteiger partial charge >= 0.3 is 0 Å². The first-order valence-corrected chi connectivity index (χ1v) is 6.33. The smallest absolute Gasteiger partial charge is 0.0820 e. The zero-order valence-corrected chi connectivity index (χ0v) is 10.2. The molecule has 1 heterocycles. The van der Waals surface area contributed by atoms with Gasteiger partial charge in [0.2, 0.25) is 0 Å². The van der Waals surface area contributed by atoms with Gasteiger partial charge in [-0.15, -0.1) is 0 Å². The summed E-state index contributed by atoms with van der Waals surface area (Å²) in [5.74, 6) is 5.64. The van der Waals surface area contributed by atoms with Crippen molar-refractivity contribution in [3.8, 4) is 0 Å². The number of hydrogen-bond acceptors (Lipinski definition) is 3. The zero-order chi connectivity index (χ0) is 11.1. The van der Waals surface area contributed by atoms with Gasteiger partial charge < -0.3 is 4.74 Å². The maximum Gasteiger partial charge on any atom is 0.0820 e. The minimum atomic E-state index is -0.0409. The topological polar surface area (TPSA) is 47.3 Å². The van der Waals surface area contributed by atoms with E-state index in [1.165, 1.54) is 32.1 Å². The predicted molar refractivity (Wildman–Crippen MR) is 63.5 cm³/mol. The van der Waals surface area contributed by atoms with Gasteiger partial charge in [0.05, 0.1) is 5.60 Å². The molecule has 0 bridgehead atoms. The van der Waals surface area contributed by atoms with Gasteiger partial charge in [-0.1, -0.05) is 26.2 Å². The Morgan fingerprint density at radius 1 is 1.40 bits per heavy atom. The van der Waals surface area contributed by atoms with Crippen LogP contribution in [0.25, 0.3) is 0 Å². The van der Waals surface area contributed by atoms with Crippen LogP contribution in [0.3, 0.4) is 0 Å². The lowest BCUT2D eigenvalue weighted by molar-refractivity contribution is -0.0904. The third-order valence-corrected chi connectivity index (χ3v) is 3.53. The number of unbranched alkanes of at least 4 members (excludes halogenated alkanes) is 2. The largest absolute Gasteiger partial charge is 0.374 e. The molecule has 2 unspecified atom stereocenters. The van der Waals surface area contributed by atoms with E-state index in [9.17, 15) is 0 Å². The van der Waals surface area contributed by atoms with E-state index in [4.69, 9.17) is 10.6 Å². The van der Waals surface area contributed by atoms with Crippen LogP contribution < -0.4 is 11.3 Å². The van der Waals surface area contributed by atoms with Crippen LogP contribution >= 0.6 is 0 Å². The third-order valence-electron chi connectivity index (χ3n) is 3.53. The molecule has 0 saturated carbocycles. The Kier molecular flexibility index (Phi) is 5.58. The Labute approximate surface area is 93.7 Å². The first-order chi connectivity index (χ1) is 7.23. The van der Waals surface area contributed by atoms with E-state index in [0.717, 1.165) is 19.4 Å². The summed E-state index contributed by atoms with van der Waals surface area (Å²) in [4.78, 5) is 0. The highest BCUT2D eigenvalue weighted by molar-refractivity contribution is 4.90. The molecule has 1 rings (SSSR count). The lowest BCUT2D eigenvalue weighted by atomic mass is 9.85. The maximum absolute atomic E-state index is 5.91. The molecule has 0 aromatic carbocycles. The molecule has 3 heteroatoms. The van der Waals surface area contributed by atoms with Crippen molar-refractivity contribution in [2.24, 2.45) is 5.84 Å². The molecule has 0 radical (unpaired) electrons. The van der Waals surface area contributed by atoms with E-state index in [0.29, 0.717) is 6.04 Å². The van der Waals surface area contributed by atoms with Crippen LogP contribution in [-0.4, -0.2) is 18.2 Å². The second-order valence-corrected chi connectivity index (χ2v) is 4.83. The van der Waals surface area contributed by atoms with E-state index in [1.54, 1.807) is 0 Å². The highest BCUT2D eigenvalue weighted by Crippen LogP contribution is 2.29. The van der Waals surface area contributed by atoms with Gasteiger partial charge in [0, 0.05) is 12.6 Å². The van der Waals surface area contributed by atoms with Crippen LogP contribution in [0.4, 0.5) is 0 Å². The number of nitrogens with two attached hydrogens (primary N) is 1. The van der Waals surface area contributed by atoms with Gasteiger partial charge in [-0.2, -0.15) is 0 Å². The first kappa shape index (κ1) is 12.9. The van der Waals surface area contributed by atoms with Crippen molar-refractivity contribution in [3.63, 3.8) is 0 Å². The predicted octanol–water partition coefficient (Wildman–Crippen LogP) is 2.36. The summed E-state index contributed by atoms with van der Waals surface area (Å²) in [6.07, 6.45) is 8.51. The van der Waals surface area contributed by atoms with Gasteiger partial charge in [-0.05, 0) is 32.6 Å². The Hall–Kier alpha value is -0.120. The van der Waals surface area contributed by atoms with Crippen molar-refractivity contribution in [3.05, 3.63) is 0 Å². The molecule has 0 aromatic heterocycles. The zero-order valence-electron chi connectivity index (χ0n) is 10.2. The Bertz CT molecular complexity index is 167. The minimum Gasteiger partial charge on any atom is -0.374 e. The van der Waals surface area contributed by atoms with E-state index >= 15 is 0 Å². The van der Waals surface area contributed by atoms with E-state index < -0.39 is 0 Å². The summed E-state index contributed by atoms with van der Waals surface area (Å²) in [5.41, 5.74) is 2.91.